The van der Waals surface area contributed by atoms with E-state index < -0.39 is 0 Å². The van der Waals surface area contributed by atoms with Crippen LogP contribution in [0.5, 0.6) is 0 Å². The van der Waals surface area contributed by atoms with Crippen LogP contribution in [0, 0.1) is 0 Å². The number of para-hydroxylation sites is 1. The van der Waals surface area contributed by atoms with E-state index >= 15 is 0 Å². The summed E-state index contributed by atoms with van der Waals surface area (Å²) in [5.74, 6) is 1.90. The monoisotopic (exact) mass is 325 g/mol. The summed E-state index contributed by atoms with van der Waals surface area (Å²) >= 11 is 0. The number of hydrogen-bond acceptors (Lipinski definition) is 5. The summed E-state index contributed by atoms with van der Waals surface area (Å²) in [6.07, 6.45) is 3.18. The molecule has 24 heavy (non-hydrogen) atoms. The average Bonchev–Trinajstić information content (AvgIpc) is 3.21. The van der Waals surface area contributed by atoms with Crippen LogP contribution in [-0.2, 0) is 17.6 Å². The van der Waals surface area contributed by atoms with Gasteiger partial charge in [-0.05, 0) is 18.9 Å². The van der Waals surface area contributed by atoms with E-state index in [-0.39, 0.29) is 5.91 Å². The van der Waals surface area contributed by atoms with Gasteiger partial charge in [0.1, 0.15) is 0 Å². The van der Waals surface area contributed by atoms with Crippen LogP contribution in [0.4, 0.5) is 0 Å². The Balaban J connectivity index is 1.35. The van der Waals surface area contributed by atoms with Gasteiger partial charge in [-0.2, -0.15) is 10.1 Å². The molecule has 0 radical (unpaired) electrons. The van der Waals surface area contributed by atoms with Gasteiger partial charge in [-0.25, -0.2) is 0 Å². The SMILES string of the molecule is CN(CCc1noc(C2CC2)n1)C(=O)Cc1[nH]nc2ccccc12. The smallest absolute Gasteiger partial charge is 0.229 e. The van der Waals surface area contributed by atoms with E-state index in [1.54, 1.807) is 11.9 Å². The predicted molar refractivity (Wildman–Crippen MR) is 87.4 cm³/mol. The predicted octanol–water partition coefficient (Wildman–Crippen LogP) is 2.07. The second-order valence-electron chi connectivity index (χ2n) is 6.28. The lowest BCUT2D eigenvalue weighted by Gasteiger charge is -2.15. The number of nitrogens with zero attached hydrogens (tertiary/aromatic N) is 4. The van der Waals surface area contributed by atoms with Crippen molar-refractivity contribution in [3.8, 4) is 0 Å². The number of H-pyrrole nitrogens is 1. The normalized spacial score (nSPS) is 14.2. The average molecular weight is 325 g/mol. The molecule has 4 rings (SSSR count). The van der Waals surface area contributed by atoms with Crippen LogP contribution in [0.1, 0.15) is 36.2 Å². The Labute approximate surface area is 139 Å². The summed E-state index contributed by atoms with van der Waals surface area (Å²) in [6, 6.07) is 7.78. The number of carbonyl (C=O) groups is 1. The number of hydrogen-bond donors (Lipinski definition) is 1. The summed E-state index contributed by atoms with van der Waals surface area (Å²) in [5, 5.41) is 12.2. The second kappa shape index (κ2) is 6.07. The van der Waals surface area contributed by atoms with Gasteiger partial charge in [-0.15, -0.1) is 0 Å². The van der Waals surface area contributed by atoms with Gasteiger partial charge in [-0.1, -0.05) is 23.4 Å². The molecule has 0 atom stereocenters. The molecule has 0 unspecified atom stereocenters. The molecular weight excluding hydrogens is 306 g/mol. The Kier molecular flexibility index (Phi) is 3.76. The van der Waals surface area contributed by atoms with Crippen molar-refractivity contribution in [1.29, 1.82) is 0 Å². The fourth-order valence-electron chi connectivity index (χ4n) is 2.69. The standard InChI is InChI=1S/C17H19N5O2/c1-22(9-8-15-18-17(24-21-15)11-6-7-11)16(23)10-14-12-4-2-3-5-13(12)19-20-14/h2-5,11H,6-10H2,1H3,(H,19,20). The molecule has 7 heteroatoms. The molecule has 1 saturated carbocycles. The van der Waals surface area contributed by atoms with Gasteiger partial charge in [0.2, 0.25) is 11.8 Å². The fourth-order valence-corrected chi connectivity index (χ4v) is 2.69. The Bertz CT molecular complexity index is 865. The van der Waals surface area contributed by atoms with E-state index in [1.165, 1.54) is 0 Å². The van der Waals surface area contributed by atoms with Gasteiger partial charge in [0, 0.05) is 31.3 Å². The van der Waals surface area contributed by atoms with Crippen LogP contribution in [0.3, 0.4) is 0 Å². The van der Waals surface area contributed by atoms with Crippen LogP contribution >= 0.6 is 0 Å². The van der Waals surface area contributed by atoms with Gasteiger partial charge in [-0.3, -0.25) is 9.89 Å². The molecule has 7 nitrogen and oxygen atoms in total. The number of carbonyl (C=O) groups excluding carboxylic acids is 1. The number of aromatic nitrogens is 4. The number of benzene rings is 1. The Morgan fingerprint density at radius 2 is 2.21 bits per heavy atom. The highest BCUT2D eigenvalue weighted by molar-refractivity contribution is 5.87. The van der Waals surface area contributed by atoms with Crippen molar-refractivity contribution >= 4 is 16.8 Å². The summed E-state index contributed by atoms with van der Waals surface area (Å²) in [7, 11) is 1.79. The van der Waals surface area contributed by atoms with Crippen LogP contribution in [0.15, 0.2) is 28.8 Å². The van der Waals surface area contributed by atoms with Crippen LogP contribution in [0.25, 0.3) is 10.9 Å². The van der Waals surface area contributed by atoms with Crippen molar-refractivity contribution in [2.45, 2.75) is 31.6 Å². The van der Waals surface area contributed by atoms with Crippen LogP contribution in [-0.4, -0.2) is 44.7 Å². The highest BCUT2D eigenvalue weighted by atomic mass is 16.5. The minimum Gasteiger partial charge on any atom is -0.345 e. The van der Waals surface area contributed by atoms with Gasteiger partial charge >= 0.3 is 0 Å². The lowest BCUT2D eigenvalue weighted by Crippen LogP contribution is -2.30. The second-order valence-corrected chi connectivity index (χ2v) is 6.28. The molecule has 1 aromatic carbocycles. The minimum absolute atomic E-state index is 0.0373. The molecule has 0 aliphatic heterocycles. The van der Waals surface area contributed by atoms with Crippen molar-refractivity contribution in [2.75, 3.05) is 13.6 Å². The molecule has 2 heterocycles. The van der Waals surface area contributed by atoms with E-state index in [2.05, 4.69) is 20.3 Å². The molecule has 0 saturated heterocycles. The third-order valence-electron chi connectivity index (χ3n) is 4.38. The fraction of sp³-hybridized carbons (Fsp3) is 0.412. The zero-order valence-electron chi connectivity index (χ0n) is 13.5. The van der Waals surface area contributed by atoms with E-state index in [0.29, 0.717) is 31.1 Å². The maximum absolute atomic E-state index is 12.4. The maximum Gasteiger partial charge on any atom is 0.229 e. The van der Waals surface area contributed by atoms with E-state index in [9.17, 15) is 4.79 Å². The van der Waals surface area contributed by atoms with Gasteiger partial charge in [0.25, 0.3) is 0 Å². The molecule has 124 valence electrons. The highest BCUT2D eigenvalue weighted by Gasteiger charge is 2.29. The summed E-state index contributed by atoms with van der Waals surface area (Å²) in [6.45, 7) is 0.564. The number of aromatic amines is 1. The topological polar surface area (TPSA) is 87.9 Å². The Morgan fingerprint density at radius 3 is 3.04 bits per heavy atom. The van der Waals surface area contributed by atoms with Crippen molar-refractivity contribution < 1.29 is 9.32 Å². The zero-order chi connectivity index (χ0) is 16.5. The molecule has 3 aromatic rings. The van der Waals surface area contributed by atoms with Gasteiger partial charge in [0.05, 0.1) is 17.6 Å². The lowest BCUT2D eigenvalue weighted by atomic mass is 10.1. The van der Waals surface area contributed by atoms with E-state index in [0.717, 1.165) is 35.3 Å². The van der Waals surface area contributed by atoms with E-state index in [1.807, 2.05) is 24.3 Å². The maximum atomic E-state index is 12.4. The molecule has 1 aliphatic rings. The third-order valence-corrected chi connectivity index (χ3v) is 4.38. The van der Waals surface area contributed by atoms with Crippen molar-refractivity contribution in [2.24, 2.45) is 0 Å². The number of rotatable bonds is 6. The third kappa shape index (κ3) is 3.02. The number of likely N-dealkylation sites (N-methyl/N-ethyl adjacent to an activating group) is 1. The minimum atomic E-state index is 0.0373. The van der Waals surface area contributed by atoms with Gasteiger partial charge in [0.15, 0.2) is 5.82 Å². The molecular formula is C17H19N5O2. The first-order chi connectivity index (χ1) is 11.7. The largest absolute Gasteiger partial charge is 0.345 e. The lowest BCUT2D eigenvalue weighted by molar-refractivity contribution is -0.129. The van der Waals surface area contributed by atoms with Crippen LogP contribution < -0.4 is 0 Å². The molecule has 1 fully saturated rings. The number of nitrogens with one attached hydrogen (secondary N) is 1. The quantitative estimate of drug-likeness (QED) is 0.749. The molecule has 0 bridgehead atoms. The summed E-state index contributed by atoms with van der Waals surface area (Å²) < 4.78 is 5.24. The first kappa shape index (κ1) is 14.9. The molecule has 1 amide bonds. The molecule has 0 spiro atoms. The van der Waals surface area contributed by atoms with Crippen molar-refractivity contribution in [1.82, 2.24) is 25.2 Å². The molecule has 1 aliphatic carbocycles. The number of amides is 1. The summed E-state index contributed by atoms with van der Waals surface area (Å²) in [4.78, 5) is 18.5. The highest BCUT2D eigenvalue weighted by Crippen LogP contribution is 2.38. The first-order valence-electron chi connectivity index (χ1n) is 8.19. The number of fused-ring (bicyclic) bond motifs is 1. The Morgan fingerprint density at radius 1 is 1.38 bits per heavy atom. The van der Waals surface area contributed by atoms with Crippen molar-refractivity contribution in [3.63, 3.8) is 0 Å². The first-order valence-corrected chi connectivity index (χ1v) is 8.19. The zero-order valence-corrected chi connectivity index (χ0v) is 13.5. The van der Waals surface area contributed by atoms with E-state index in [4.69, 9.17) is 4.52 Å². The molecule has 2 aromatic heterocycles. The van der Waals surface area contributed by atoms with Gasteiger partial charge < -0.3 is 9.42 Å². The van der Waals surface area contributed by atoms with Crippen molar-refractivity contribution in [3.05, 3.63) is 41.7 Å². The molecule has 1 N–H and O–H groups in total. The summed E-state index contributed by atoms with van der Waals surface area (Å²) in [5.41, 5.74) is 1.72. The Hall–Kier alpha value is -2.70. The van der Waals surface area contributed by atoms with Crippen LogP contribution in [0.2, 0.25) is 0 Å².